The summed E-state index contributed by atoms with van der Waals surface area (Å²) in [5.41, 5.74) is 0. The van der Waals surface area contributed by atoms with Crippen molar-refractivity contribution in [2.24, 2.45) is 0 Å². The Morgan fingerprint density at radius 3 is 0.591 bits per heavy atom. The molecule has 0 radical (unpaired) electrons. The van der Waals surface area contributed by atoms with Gasteiger partial charge in [0.1, 0.15) is 0 Å². The Morgan fingerprint density at radius 1 is 0.364 bits per heavy atom. The summed E-state index contributed by atoms with van der Waals surface area (Å²) < 4.78 is 0. The molecule has 145 valence electrons. The topological polar surface area (TPSA) is 0 Å². The van der Waals surface area contributed by atoms with Crippen LogP contribution in [0.4, 0.5) is 0 Å². The number of hydrogen-bond donors (Lipinski definition) is 0. The van der Waals surface area contributed by atoms with Crippen molar-refractivity contribution in [3.63, 3.8) is 0 Å². The van der Waals surface area contributed by atoms with Gasteiger partial charge in [-0.2, -0.15) is 0 Å². The first-order chi connectivity index (χ1) is 10.4. The zero-order valence-corrected chi connectivity index (χ0v) is 22.5. The van der Waals surface area contributed by atoms with Crippen LogP contribution >= 0.6 is 16.1 Å². The van der Waals surface area contributed by atoms with Gasteiger partial charge in [0.2, 0.25) is 0 Å². The second-order valence-corrected chi connectivity index (χ2v) is 58.5. The number of rotatable bonds is 12. The van der Waals surface area contributed by atoms with E-state index in [2.05, 4.69) is 62.3 Å². The average Bonchev–Trinajstić information content (AvgIpc) is 2.60. The van der Waals surface area contributed by atoms with E-state index in [0.29, 0.717) is 0 Å². The normalized spacial score (nSPS) is 16.5. The monoisotopic (exact) mass is 552 g/mol. The third kappa shape index (κ3) is 4.38. The van der Waals surface area contributed by atoms with Crippen molar-refractivity contribution in [3.8, 4) is 0 Å². The van der Waals surface area contributed by atoms with Crippen LogP contribution in [0.15, 0.2) is 0 Å². The first-order valence-electron chi connectivity index (χ1n) is 10.0. The third-order valence-corrected chi connectivity index (χ3v) is 112. The quantitative estimate of drug-likeness (QED) is 0.234. The Kier molecular flexibility index (Phi) is 11.8. The molecule has 0 saturated carbocycles. The van der Waals surface area contributed by atoms with Crippen LogP contribution in [0.2, 0.25) is 0 Å². The first-order valence-corrected chi connectivity index (χ1v) is 27.6. The summed E-state index contributed by atoms with van der Waals surface area (Å²) >= 11 is -0.815. The zero-order chi connectivity index (χ0) is 17.4. The van der Waals surface area contributed by atoms with Gasteiger partial charge in [0, 0.05) is 0 Å². The van der Waals surface area contributed by atoms with E-state index in [1.165, 1.54) is 0 Å². The molecular formula is C18H48P3Pt. The van der Waals surface area contributed by atoms with Crippen LogP contribution in [0.5, 0.6) is 0 Å². The molecule has 0 aromatic carbocycles. The minimum absolute atomic E-state index is 0.815. The molecule has 0 aromatic heterocycles. The standard InChI is InChI=1S/3C6H15P.Pt/c3*1-4-7(5-2)6-3;/h3*4-6H2,1-3H3;/q;;;-3/p+3. The van der Waals surface area contributed by atoms with E-state index in [1.54, 1.807) is 55.5 Å². The van der Waals surface area contributed by atoms with Gasteiger partial charge in [-0.25, -0.2) is 0 Å². The van der Waals surface area contributed by atoms with Crippen molar-refractivity contribution < 1.29 is 15.8 Å². The molecule has 0 aliphatic rings. The van der Waals surface area contributed by atoms with Gasteiger partial charge in [-0.15, -0.1) is 0 Å². The molecule has 0 amide bonds. The molecule has 0 aliphatic heterocycles. The summed E-state index contributed by atoms with van der Waals surface area (Å²) in [6.07, 6.45) is 14.6. The first kappa shape index (κ1) is 24.0. The summed E-state index contributed by atoms with van der Waals surface area (Å²) in [6, 6.07) is 0. The Labute approximate surface area is 149 Å². The van der Waals surface area contributed by atoms with Crippen LogP contribution in [-0.2, 0) is 15.8 Å². The fourth-order valence-electron chi connectivity index (χ4n) is 4.32. The molecule has 0 bridgehead atoms. The summed E-state index contributed by atoms with van der Waals surface area (Å²) in [5.74, 6) is 0. The third-order valence-electron chi connectivity index (χ3n) is 6.51. The van der Waals surface area contributed by atoms with Gasteiger partial charge in [0.25, 0.3) is 0 Å². The second-order valence-electron chi connectivity index (χ2n) is 6.68. The van der Waals surface area contributed by atoms with E-state index in [4.69, 9.17) is 0 Å². The fourth-order valence-corrected chi connectivity index (χ4v) is 160. The van der Waals surface area contributed by atoms with Crippen molar-refractivity contribution in [3.05, 3.63) is 0 Å². The molecule has 0 unspecified atom stereocenters. The second kappa shape index (κ2) is 10.9. The van der Waals surface area contributed by atoms with Crippen LogP contribution in [0.25, 0.3) is 0 Å². The molecule has 0 saturated heterocycles. The summed E-state index contributed by atoms with van der Waals surface area (Å²) in [5, 5.41) is -2.89. The molecule has 0 nitrogen and oxygen atoms in total. The van der Waals surface area contributed by atoms with E-state index >= 15 is 0 Å². The van der Waals surface area contributed by atoms with Gasteiger partial charge in [-0.3, -0.25) is 0 Å². The van der Waals surface area contributed by atoms with E-state index in [-0.39, 0.29) is 0 Å². The molecular weight excluding hydrogens is 504 g/mol. The van der Waals surface area contributed by atoms with Crippen molar-refractivity contribution in [1.82, 2.24) is 0 Å². The zero-order valence-electron chi connectivity index (χ0n) is 17.2. The maximum absolute atomic E-state index is 2.60. The SMILES string of the molecule is CC[PH](CC)(CC)[Pt]([PH](CC)(CC)CC)[PH](CC)(CC)CC. The minimum atomic E-state index is -0.963. The summed E-state index contributed by atoms with van der Waals surface area (Å²) in [6.45, 7) is 23.4. The Balaban J connectivity index is 6.42. The molecule has 0 atom stereocenters. The van der Waals surface area contributed by atoms with Gasteiger partial charge in [-0.05, 0) is 0 Å². The molecule has 0 aliphatic carbocycles. The van der Waals surface area contributed by atoms with E-state index in [1.807, 2.05) is 0 Å². The predicted octanol–water partition coefficient (Wildman–Crippen LogP) is 6.78. The van der Waals surface area contributed by atoms with Crippen LogP contribution in [0.3, 0.4) is 0 Å². The Morgan fingerprint density at radius 2 is 0.500 bits per heavy atom. The molecule has 4 heteroatoms. The van der Waals surface area contributed by atoms with Crippen molar-refractivity contribution in [2.75, 3.05) is 55.5 Å². The fraction of sp³-hybridized carbons (Fsp3) is 1.00. The molecule has 0 spiro atoms. The molecule has 0 aromatic rings. The molecule has 22 heavy (non-hydrogen) atoms. The average molecular weight is 553 g/mol. The molecule has 0 rings (SSSR count). The van der Waals surface area contributed by atoms with Crippen LogP contribution < -0.4 is 0 Å². The predicted molar refractivity (Wildman–Crippen MR) is 120 cm³/mol. The molecule has 0 fully saturated rings. The number of hydrogen-bond acceptors (Lipinski definition) is 0. The van der Waals surface area contributed by atoms with Crippen molar-refractivity contribution in [2.45, 2.75) is 62.3 Å². The Hall–Kier alpha value is 1.98. The van der Waals surface area contributed by atoms with Gasteiger partial charge in [0.05, 0.1) is 0 Å². The molecule has 0 heterocycles. The van der Waals surface area contributed by atoms with Crippen molar-refractivity contribution >= 4 is 16.1 Å². The van der Waals surface area contributed by atoms with Crippen LogP contribution in [-0.4, -0.2) is 55.5 Å². The van der Waals surface area contributed by atoms with E-state index < -0.39 is 31.9 Å². The molecule has 0 N–H and O–H groups in total. The van der Waals surface area contributed by atoms with Crippen molar-refractivity contribution in [1.29, 1.82) is 0 Å². The van der Waals surface area contributed by atoms with Crippen LogP contribution in [0.1, 0.15) is 62.3 Å². The van der Waals surface area contributed by atoms with Gasteiger partial charge in [0.15, 0.2) is 0 Å². The van der Waals surface area contributed by atoms with Crippen LogP contribution in [0, 0.1) is 0 Å². The summed E-state index contributed by atoms with van der Waals surface area (Å²) in [4.78, 5) is 0. The van der Waals surface area contributed by atoms with Gasteiger partial charge < -0.3 is 0 Å². The summed E-state index contributed by atoms with van der Waals surface area (Å²) in [7, 11) is 0. The van der Waals surface area contributed by atoms with Gasteiger partial charge in [-0.1, -0.05) is 0 Å². The van der Waals surface area contributed by atoms with E-state index in [0.717, 1.165) is 0 Å². The van der Waals surface area contributed by atoms with Gasteiger partial charge >= 0.3 is 150 Å². The van der Waals surface area contributed by atoms with E-state index in [9.17, 15) is 0 Å². The maximum atomic E-state index is 2.60. The Bertz CT molecular complexity index is 222.